The van der Waals surface area contributed by atoms with Gasteiger partial charge in [0.25, 0.3) is 5.91 Å². The number of hydrogen-bond donors (Lipinski definition) is 0. The van der Waals surface area contributed by atoms with Crippen LogP contribution in [0.2, 0.25) is 0 Å². The van der Waals surface area contributed by atoms with Crippen LogP contribution < -0.4 is 9.47 Å². The van der Waals surface area contributed by atoms with Gasteiger partial charge in [-0.15, -0.1) is 0 Å². The SMILES string of the molecule is Cc1cc2c(cc1C(=O)N1CCCN(C(=O)C(C)C)CC1)OCCO2. The van der Waals surface area contributed by atoms with Gasteiger partial charge in [0.1, 0.15) is 13.2 Å². The van der Waals surface area contributed by atoms with Crippen LogP contribution in [-0.2, 0) is 4.79 Å². The van der Waals surface area contributed by atoms with E-state index < -0.39 is 0 Å². The maximum absolute atomic E-state index is 13.0. The monoisotopic (exact) mass is 346 g/mol. The minimum atomic E-state index is -0.0118. The first-order valence-electron chi connectivity index (χ1n) is 8.95. The molecule has 2 amide bonds. The number of ether oxygens (including phenoxy) is 2. The van der Waals surface area contributed by atoms with Gasteiger partial charge in [0.15, 0.2) is 11.5 Å². The zero-order valence-corrected chi connectivity index (χ0v) is 15.2. The molecule has 1 saturated heterocycles. The molecule has 25 heavy (non-hydrogen) atoms. The Morgan fingerprint density at radius 3 is 2.24 bits per heavy atom. The summed E-state index contributed by atoms with van der Waals surface area (Å²) in [6.45, 7) is 9.29. The summed E-state index contributed by atoms with van der Waals surface area (Å²) in [4.78, 5) is 28.9. The number of fused-ring (bicyclic) bond motifs is 1. The molecule has 2 aliphatic heterocycles. The Morgan fingerprint density at radius 2 is 1.56 bits per heavy atom. The van der Waals surface area contributed by atoms with Crippen molar-refractivity contribution < 1.29 is 19.1 Å². The van der Waals surface area contributed by atoms with Gasteiger partial charge in [-0.1, -0.05) is 13.8 Å². The maximum Gasteiger partial charge on any atom is 0.254 e. The lowest BCUT2D eigenvalue weighted by molar-refractivity contribution is -0.134. The fourth-order valence-electron chi connectivity index (χ4n) is 3.30. The summed E-state index contributed by atoms with van der Waals surface area (Å²) < 4.78 is 11.2. The van der Waals surface area contributed by atoms with Gasteiger partial charge in [0.2, 0.25) is 5.91 Å². The van der Waals surface area contributed by atoms with Crippen molar-refractivity contribution in [1.29, 1.82) is 0 Å². The summed E-state index contributed by atoms with van der Waals surface area (Å²) in [6, 6.07) is 3.65. The highest BCUT2D eigenvalue weighted by molar-refractivity contribution is 5.96. The Morgan fingerprint density at radius 1 is 0.960 bits per heavy atom. The average Bonchev–Trinajstić information content (AvgIpc) is 2.86. The van der Waals surface area contributed by atoms with Crippen molar-refractivity contribution >= 4 is 11.8 Å². The topological polar surface area (TPSA) is 59.1 Å². The molecule has 1 fully saturated rings. The van der Waals surface area contributed by atoms with Crippen LogP contribution in [0, 0.1) is 12.8 Å². The standard InChI is InChI=1S/C19H26N2O4/c1-13(2)18(22)20-5-4-6-21(8-7-20)19(23)15-12-17-16(11-14(15)3)24-9-10-25-17/h11-13H,4-10H2,1-3H3. The fourth-order valence-corrected chi connectivity index (χ4v) is 3.30. The minimum Gasteiger partial charge on any atom is -0.486 e. The van der Waals surface area contributed by atoms with Gasteiger partial charge in [0.05, 0.1) is 0 Å². The van der Waals surface area contributed by atoms with E-state index in [0.29, 0.717) is 56.5 Å². The number of benzene rings is 1. The molecule has 2 aliphatic rings. The highest BCUT2D eigenvalue weighted by Gasteiger charge is 2.26. The van der Waals surface area contributed by atoms with Crippen LogP contribution in [-0.4, -0.2) is 61.0 Å². The number of nitrogens with zero attached hydrogens (tertiary/aromatic N) is 2. The number of carbonyl (C=O) groups excluding carboxylic acids is 2. The van der Waals surface area contributed by atoms with E-state index in [1.807, 2.05) is 36.6 Å². The molecule has 0 atom stereocenters. The molecule has 2 heterocycles. The molecular weight excluding hydrogens is 320 g/mol. The maximum atomic E-state index is 13.0. The Kier molecular flexibility index (Phi) is 5.16. The molecular formula is C19H26N2O4. The number of carbonyl (C=O) groups is 2. The average molecular weight is 346 g/mol. The third-order valence-electron chi connectivity index (χ3n) is 4.71. The normalized spacial score (nSPS) is 17.4. The summed E-state index contributed by atoms with van der Waals surface area (Å²) in [7, 11) is 0. The summed E-state index contributed by atoms with van der Waals surface area (Å²) in [5.74, 6) is 1.47. The van der Waals surface area contributed by atoms with Gasteiger partial charge in [-0.05, 0) is 31.0 Å². The predicted octanol–water partition coefficient (Wildman–Crippen LogP) is 2.10. The number of amides is 2. The lowest BCUT2D eigenvalue weighted by Crippen LogP contribution is -2.39. The summed E-state index contributed by atoms with van der Waals surface area (Å²) in [6.07, 6.45) is 0.799. The number of aryl methyl sites for hydroxylation is 1. The first-order valence-corrected chi connectivity index (χ1v) is 8.95. The van der Waals surface area contributed by atoms with Gasteiger partial charge in [-0.25, -0.2) is 0 Å². The van der Waals surface area contributed by atoms with E-state index in [-0.39, 0.29) is 17.7 Å². The molecule has 0 aliphatic carbocycles. The second-order valence-corrected chi connectivity index (χ2v) is 6.94. The quantitative estimate of drug-likeness (QED) is 0.823. The van der Waals surface area contributed by atoms with Crippen LogP contribution in [0.4, 0.5) is 0 Å². The summed E-state index contributed by atoms with van der Waals surface area (Å²) in [5, 5.41) is 0. The minimum absolute atomic E-state index is 0.00619. The predicted molar refractivity (Wildman–Crippen MR) is 94.1 cm³/mol. The largest absolute Gasteiger partial charge is 0.486 e. The molecule has 0 aromatic heterocycles. The second-order valence-electron chi connectivity index (χ2n) is 6.94. The van der Waals surface area contributed by atoms with Crippen LogP contribution in [0.1, 0.15) is 36.2 Å². The van der Waals surface area contributed by atoms with Crippen LogP contribution in [0.3, 0.4) is 0 Å². The van der Waals surface area contributed by atoms with Crippen molar-refractivity contribution in [2.24, 2.45) is 5.92 Å². The van der Waals surface area contributed by atoms with Gasteiger partial charge in [-0.3, -0.25) is 9.59 Å². The lowest BCUT2D eigenvalue weighted by Gasteiger charge is -2.25. The van der Waals surface area contributed by atoms with Crippen molar-refractivity contribution in [2.75, 3.05) is 39.4 Å². The smallest absolute Gasteiger partial charge is 0.254 e. The second kappa shape index (κ2) is 7.33. The molecule has 0 unspecified atom stereocenters. The molecule has 0 spiro atoms. The van der Waals surface area contributed by atoms with E-state index in [9.17, 15) is 9.59 Å². The molecule has 136 valence electrons. The first kappa shape index (κ1) is 17.6. The van der Waals surface area contributed by atoms with Crippen molar-refractivity contribution in [1.82, 2.24) is 9.80 Å². The molecule has 6 nitrogen and oxygen atoms in total. The highest BCUT2D eigenvalue weighted by Crippen LogP contribution is 2.33. The zero-order valence-electron chi connectivity index (χ0n) is 15.2. The molecule has 6 heteroatoms. The van der Waals surface area contributed by atoms with Crippen molar-refractivity contribution in [3.05, 3.63) is 23.3 Å². The molecule has 0 radical (unpaired) electrons. The van der Waals surface area contributed by atoms with Crippen LogP contribution in [0.5, 0.6) is 11.5 Å². The van der Waals surface area contributed by atoms with Crippen molar-refractivity contribution in [2.45, 2.75) is 27.2 Å². The first-order chi connectivity index (χ1) is 12.0. The number of hydrogen-bond acceptors (Lipinski definition) is 4. The van der Waals surface area contributed by atoms with E-state index in [1.54, 1.807) is 6.07 Å². The molecule has 0 saturated carbocycles. The highest BCUT2D eigenvalue weighted by atomic mass is 16.6. The van der Waals surface area contributed by atoms with Gasteiger partial charge >= 0.3 is 0 Å². The van der Waals surface area contributed by atoms with Crippen LogP contribution in [0.15, 0.2) is 12.1 Å². The van der Waals surface area contributed by atoms with Gasteiger partial charge in [-0.2, -0.15) is 0 Å². The van der Waals surface area contributed by atoms with Crippen LogP contribution in [0.25, 0.3) is 0 Å². The third kappa shape index (κ3) is 3.72. The molecule has 0 N–H and O–H groups in total. The molecule has 1 aromatic rings. The fraction of sp³-hybridized carbons (Fsp3) is 0.579. The summed E-state index contributed by atoms with van der Waals surface area (Å²) in [5.41, 5.74) is 1.53. The van der Waals surface area contributed by atoms with Crippen LogP contribution >= 0.6 is 0 Å². The van der Waals surface area contributed by atoms with Gasteiger partial charge in [0, 0.05) is 37.7 Å². The third-order valence-corrected chi connectivity index (χ3v) is 4.71. The zero-order chi connectivity index (χ0) is 18.0. The van der Waals surface area contributed by atoms with E-state index in [1.165, 1.54) is 0 Å². The Hall–Kier alpha value is -2.24. The molecule has 0 bridgehead atoms. The van der Waals surface area contributed by atoms with Gasteiger partial charge < -0.3 is 19.3 Å². The molecule has 1 aromatic carbocycles. The van der Waals surface area contributed by atoms with Crippen molar-refractivity contribution in [3.8, 4) is 11.5 Å². The van der Waals surface area contributed by atoms with E-state index >= 15 is 0 Å². The Balaban J connectivity index is 1.74. The lowest BCUT2D eigenvalue weighted by atomic mass is 10.1. The molecule has 3 rings (SSSR count). The number of rotatable bonds is 2. The van der Waals surface area contributed by atoms with Crippen molar-refractivity contribution in [3.63, 3.8) is 0 Å². The Bertz CT molecular complexity index is 672. The van der Waals surface area contributed by atoms with E-state index in [4.69, 9.17) is 9.47 Å². The Labute approximate surface area is 148 Å². The van der Waals surface area contributed by atoms with E-state index in [2.05, 4.69) is 0 Å². The summed E-state index contributed by atoms with van der Waals surface area (Å²) >= 11 is 0. The van der Waals surface area contributed by atoms with E-state index in [0.717, 1.165) is 12.0 Å².